The van der Waals surface area contributed by atoms with Crippen molar-refractivity contribution in [3.05, 3.63) is 17.2 Å². The lowest BCUT2D eigenvalue weighted by Gasteiger charge is -2.22. The van der Waals surface area contributed by atoms with Gasteiger partial charge in [0.1, 0.15) is 5.82 Å². The molecular weight excluding hydrogens is 220 g/mol. The van der Waals surface area contributed by atoms with Crippen molar-refractivity contribution in [3.63, 3.8) is 0 Å². The molecule has 0 saturated heterocycles. The number of nitrogens with zero attached hydrogens (tertiary/aromatic N) is 2. The van der Waals surface area contributed by atoms with Crippen LogP contribution >= 0.6 is 0 Å². The van der Waals surface area contributed by atoms with Gasteiger partial charge in [0.2, 0.25) is 0 Å². The minimum Gasteiger partial charge on any atom is -0.479 e. The average molecular weight is 238 g/mol. The number of aliphatic hydroxyl groups is 1. The smallest absolute Gasteiger partial charge is 0.337 e. The van der Waals surface area contributed by atoms with Gasteiger partial charge in [-0.25, -0.2) is 9.78 Å². The highest BCUT2D eigenvalue weighted by atomic mass is 16.4. The Labute approximate surface area is 100 Å². The van der Waals surface area contributed by atoms with Crippen LogP contribution in [0.25, 0.3) is 0 Å². The predicted molar refractivity (Wildman–Crippen MR) is 61.9 cm³/mol. The molecule has 5 heteroatoms. The van der Waals surface area contributed by atoms with E-state index in [-0.39, 0.29) is 6.54 Å². The van der Waals surface area contributed by atoms with Crippen LogP contribution < -0.4 is 0 Å². The van der Waals surface area contributed by atoms with E-state index in [1.165, 1.54) is 6.92 Å². The maximum absolute atomic E-state index is 10.9. The molecule has 2 rings (SSSR count). The summed E-state index contributed by atoms with van der Waals surface area (Å²) in [5.74, 6) is -0.409. The van der Waals surface area contributed by atoms with Crippen molar-refractivity contribution < 1.29 is 15.0 Å². The average Bonchev–Trinajstić information content (AvgIpc) is 2.55. The van der Waals surface area contributed by atoms with Crippen LogP contribution in [0.3, 0.4) is 0 Å². The van der Waals surface area contributed by atoms with Crippen LogP contribution in [0, 0.1) is 6.92 Å². The third-order valence-corrected chi connectivity index (χ3v) is 3.35. The molecule has 1 atom stereocenters. The number of aryl methyl sites for hydroxylation is 2. The molecule has 1 aliphatic rings. The minimum atomic E-state index is -1.74. The maximum Gasteiger partial charge on any atom is 0.337 e. The van der Waals surface area contributed by atoms with Crippen molar-refractivity contribution in [1.82, 2.24) is 9.55 Å². The molecule has 94 valence electrons. The summed E-state index contributed by atoms with van der Waals surface area (Å²) in [6, 6.07) is 0. The summed E-state index contributed by atoms with van der Waals surface area (Å²) in [5.41, 5.74) is 0.418. The number of aromatic nitrogens is 2. The van der Waals surface area contributed by atoms with E-state index in [0.29, 0.717) is 0 Å². The van der Waals surface area contributed by atoms with Gasteiger partial charge in [-0.1, -0.05) is 0 Å². The molecule has 0 aliphatic heterocycles. The van der Waals surface area contributed by atoms with Crippen LogP contribution in [0.2, 0.25) is 0 Å². The van der Waals surface area contributed by atoms with E-state index in [0.717, 1.165) is 42.9 Å². The lowest BCUT2D eigenvalue weighted by molar-refractivity contribution is -0.157. The molecule has 17 heavy (non-hydrogen) atoms. The molecule has 1 aromatic heterocycles. The van der Waals surface area contributed by atoms with Crippen LogP contribution in [-0.2, 0) is 24.2 Å². The van der Waals surface area contributed by atoms with E-state index in [2.05, 4.69) is 4.98 Å². The van der Waals surface area contributed by atoms with E-state index in [1.807, 2.05) is 11.5 Å². The van der Waals surface area contributed by atoms with Crippen molar-refractivity contribution >= 4 is 5.97 Å². The quantitative estimate of drug-likeness (QED) is 0.820. The van der Waals surface area contributed by atoms with E-state index >= 15 is 0 Å². The van der Waals surface area contributed by atoms with Gasteiger partial charge in [-0.2, -0.15) is 0 Å². The van der Waals surface area contributed by atoms with Crippen molar-refractivity contribution in [2.24, 2.45) is 0 Å². The standard InChI is InChI=1S/C12H18N2O3/c1-8-13-9-5-3-4-6-10(9)14(8)7-12(2,17)11(15)16/h17H,3-7H2,1-2H3,(H,15,16). The van der Waals surface area contributed by atoms with Crippen molar-refractivity contribution in [1.29, 1.82) is 0 Å². The highest BCUT2D eigenvalue weighted by molar-refractivity contribution is 5.76. The number of carboxylic acid groups (broad SMARTS) is 1. The highest BCUT2D eigenvalue weighted by Gasteiger charge is 2.32. The molecule has 1 unspecified atom stereocenters. The summed E-state index contributed by atoms with van der Waals surface area (Å²) >= 11 is 0. The summed E-state index contributed by atoms with van der Waals surface area (Å²) in [4.78, 5) is 15.4. The molecule has 0 amide bonds. The molecule has 0 radical (unpaired) electrons. The van der Waals surface area contributed by atoms with Gasteiger partial charge in [-0.15, -0.1) is 0 Å². The normalized spacial score (nSPS) is 18.5. The van der Waals surface area contributed by atoms with Crippen LogP contribution in [0.15, 0.2) is 0 Å². The van der Waals surface area contributed by atoms with Crippen molar-refractivity contribution in [2.45, 2.75) is 51.7 Å². The van der Waals surface area contributed by atoms with Crippen molar-refractivity contribution in [3.8, 4) is 0 Å². The van der Waals surface area contributed by atoms with Gasteiger partial charge < -0.3 is 14.8 Å². The zero-order valence-corrected chi connectivity index (χ0v) is 10.2. The molecule has 5 nitrogen and oxygen atoms in total. The Bertz CT molecular complexity index is 449. The molecule has 2 N–H and O–H groups in total. The first kappa shape index (κ1) is 12.1. The number of fused-ring (bicyclic) bond motifs is 1. The first-order valence-corrected chi connectivity index (χ1v) is 5.92. The molecule has 1 aromatic rings. The van der Waals surface area contributed by atoms with Gasteiger partial charge in [0.25, 0.3) is 0 Å². The Kier molecular flexibility index (Phi) is 2.95. The zero-order chi connectivity index (χ0) is 12.6. The predicted octanol–water partition coefficient (Wildman–Crippen LogP) is 0.906. The van der Waals surface area contributed by atoms with Crippen molar-refractivity contribution in [2.75, 3.05) is 0 Å². The summed E-state index contributed by atoms with van der Waals surface area (Å²) in [6.07, 6.45) is 4.12. The number of rotatable bonds is 3. The Morgan fingerprint density at radius 1 is 1.47 bits per heavy atom. The molecular formula is C12H18N2O3. The fourth-order valence-corrected chi connectivity index (χ4v) is 2.32. The van der Waals surface area contributed by atoms with Gasteiger partial charge in [0.15, 0.2) is 5.60 Å². The summed E-state index contributed by atoms with van der Waals surface area (Å²) in [7, 11) is 0. The number of hydrogen-bond acceptors (Lipinski definition) is 3. The number of aliphatic carboxylic acids is 1. The van der Waals surface area contributed by atoms with E-state index in [9.17, 15) is 9.90 Å². The van der Waals surface area contributed by atoms with Crippen LogP contribution in [-0.4, -0.2) is 31.3 Å². The third kappa shape index (κ3) is 2.20. The summed E-state index contributed by atoms with van der Waals surface area (Å²) < 4.78 is 1.85. The topological polar surface area (TPSA) is 75.3 Å². The molecule has 0 spiro atoms. The van der Waals surface area contributed by atoms with Gasteiger partial charge in [-0.3, -0.25) is 0 Å². The second kappa shape index (κ2) is 4.14. The molecule has 0 fully saturated rings. The number of carbonyl (C=O) groups is 1. The lowest BCUT2D eigenvalue weighted by Crippen LogP contribution is -2.40. The molecule has 0 bridgehead atoms. The summed E-state index contributed by atoms with van der Waals surface area (Å²) in [5, 5.41) is 18.8. The molecule has 1 heterocycles. The Hall–Kier alpha value is -1.36. The molecule has 0 saturated carbocycles. The highest BCUT2D eigenvalue weighted by Crippen LogP contribution is 2.23. The van der Waals surface area contributed by atoms with Gasteiger partial charge in [0, 0.05) is 5.69 Å². The van der Waals surface area contributed by atoms with Crippen LogP contribution in [0.1, 0.15) is 37.0 Å². The SMILES string of the molecule is Cc1nc2c(n1CC(C)(O)C(=O)O)CCCC2. The second-order valence-electron chi connectivity index (χ2n) is 4.92. The Morgan fingerprint density at radius 2 is 2.12 bits per heavy atom. The zero-order valence-electron chi connectivity index (χ0n) is 10.2. The van der Waals surface area contributed by atoms with E-state index in [4.69, 9.17) is 5.11 Å². The van der Waals surface area contributed by atoms with Crippen LogP contribution in [0.5, 0.6) is 0 Å². The minimum absolute atomic E-state index is 0.0660. The largest absolute Gasteiger partial charge is 0.479 e. The Morgan fingerprint density at radius 3 is 2.76 bits per heavy atom. The number of hydrogen-bond donors (Lipinski definition) is 2. The summed E-state index contributed by atoms with van der Waals surface area (Å²) in [6.45, 7) is 3.25. The van der Waals surface area contributed by atoms with Gasteiger partial charge in [-0.05, 0) is 39.5 Å². The molecule has 0 aromatic carbocycles. The van der Waals surface area contributed by atoms with Gasteiger partial charge >= 0.3 is 5.97 Å². The van der Waals surface area contributed by atoms with Gasteiger partial charge in [0.05, 0.1) is 12.2 Å². The first-order valence-electron chi connectivity index (χ1n) is 5.92. The fraction of sp³-hybridized carbons (Fsp3) is 0.667. The third-order valence-electron chi connectivity index (χ3n) is 3.35. The number of imidazole rings is 1. The van der Waals surface area contributed by atoms with E-state index in [1.54, 1.807) is 0 Å². The number of carboxylic acids is 1. The first-order chi connectivity index (χ1) is 7.92. The maximum atomic E-state index is 10.9. The van der Waals surface area contributed by atoms with Crippen LogP contribution in [0.4, 0.5) is 0 Å². The fourth-order valence-electron chi connectivity index (χ4n) is 2.32. The lowest BCUT2D eigenvalue weighted by atomic mass is 10.0. The monoisotopic (exact) mass is 238 g/mol. The second-order valence-corrected chi connectivity index (χ2v) is 4.92. The molecule has 1 aliphatic carbocycles. The van der Waals surface area contributed by atoms with E-state index < -0.39 is 11.6 Å². The Balaban J connectivity index is 2.33.